The normalized spacial score (nSPS) is 27.2. The average Bonchev–Trinajstić information content (AvgIpc) is 2.21. The van der Waals surface area contributed by atoms with Gasteiger partial charge in [0.1, 0.15) is 0 Å². The fraction of sp³-hybridized carbons (Fsp3) is 0.400. The molecule has 0 saturated carbocycles. The standard InChI is InChI=1S/C10H11ClO/c1-10(12)5-7-2-3-9(11)4-8(7)6-10/h2-4,12H,5-6H2,1H3. The highest BCUT2D eigenvalue weighted by Crippen LogP contribution is 2.31. The summed E-state index contributed by atoms with van der Waals surface area (Å²) in [6.07, 6.45) is 1.47. The zero-order chi connectivity index (χ0) is 8.77. The molecule has 0 aliphatic heterocycles. The van der Waals surface area contributed by atoms with Crippen LogP contribution in [0.1, 0.15) is 18.1 Å². The Morgan fingerprint density at radius 3 is 2.75 bits per heavy atom. The van der Waals surface area contributed by atoms with Crippen molar-refractivity contribution in [2.24, 2.45) is 0 Å². The van der Waals surface area contributed by atoms with E-state index in [2.05, 4.69) is 0 Å². The van der Waals surface area contributed by atoms with Crippen LogP contribution >= 0.6 is 11.6 Å². The SMILES string of the molecule is CC1(O)Cc2ccc(Cl)cc2C1. The van der Waals surface area contributed by atoms with Gasteiger partial charge >= 0.3 is 0 Å². The highest BCUT2D eigenvalue weighted by atomic mass is 35.5. The number of benzene rings is 1. The number of fused-ring (bicyclic) bond motifs is 1. The van der Waals surface area contributed by atoms with Crippen molar-refractivity contribution in [1.82, 2.24) is 0 Å². The van der Waals surface area contributed by atoms with Crippen LogP contribution in [0.2, 0.25) is 5.02 Å². The van der Waals surface area contributed by atoms with Gasteiger partial charge in [-0.2, -0.15) is 0 Å². The molecule has 1 aliphatic rings. The van der Waals surface area contributed by atoms with Gasteiger partial charge in [-0.25, -0.2) is 0 Å². The predicted molar refractivity (Wildman–Crippen MR) is 49.5 cm³/mol. The lowest BCUT2D eigenvalue weighted by Gasteiger charge is -2.13. The Balaban J connectivity index is 2.43. The van der Waals surface area contributed by atoms with Crippen LogP contribution in [0.15, 0.2) is 18.2 Å². The Kier molecular flexibility index (Phi) is 1.67. The maximum absolute atomic E-state index is 9.76. The molecule has 64 valence electrons. The van der Waals surface area contributed by atoms with E-state index in [4.69, 9.17) is 11.6 Å². The Labute approximate surface area is 77.0 Å². The van der Waals surface area contributed by atoms with E-state index in [0.29, 0.717) is 0 Å². The van der Waals surface area contributed by atoms with E-state index in [1.807, 2.05) is 25.1 Å². The molecule has 0 radical (unpaired) electrons. The Bertz CT molecular complexity index is 318. The maximum Gasteiger partial charge on any atom is 0.0700 e. The van der Waals surface area contributed by atoms with Gasteiger partial charge in [-0.3, -0.25) is 0 Å². The molecule has 0 amide bonds. The number of halogens is 1. The molecule has 1 aromatic carbocycles. The third kappa shape index (κ3) is 1.35. The van der Waals surface area contributed by atoms with Crippen molar-refractivity contribution >= 4 is 11.6 Å². The largest absolute Gasteiger partial charge is 0.389 e. The molecule has 0 fully saturated rings. The van der Waals surface area contributed by atoms with E-state index in [-0.39, 0.29) is 0 Å². The first kappa shape index (κ1) is 8.09. The summed E-state index contributed by atoms with van der Waals surface area (Å²) in [4.78, 5) is 0. The summed E-state index contributed by atoms with van der Waals surface area (Å²) in [6.45, 7) is 1.86. The molecular weight excluding hydrogens is 172 g/mol. The molecule has 1 nitrogen and oxygen atoms in total. The minimum absolute atomic E-state index is 0.562. The van der Waals surface area contributed by atoms with Gasteiger partial charge in [0.15, 0.2) is 0 Å². The summed E-state index contributed by atoms with van der Waals surface area (Å²) in [5, 5.41) is 10.5. The molecule has 1 atom stereocenters. The Morgan fingerprint density at radius 2 is 2.00 bits per heavy atom. The molecule has 2 heteroatoms. The molecule has 2 rings (SSSR count). The van der Waals surface area contributed by atoms with Crippen LogP contribution in [-0.2, 0) is 12.8 Å². The lowest BCUT2D eigenvalue weighted by atomic mass is 10.0. The first-order valence-corrected chi connectivity index (χ1v) is 4.44. The highest BCUT2D eigenvalue weighted by Gasteiger charge is 2.29. The zero-order valence-electron chi connectivity index (χ0n) is 6.97. The van der Waals surface area contributed by atoms with Crippen LogP contribution in [0, 0.1) is 0 Å². The molecule has 12 heavy (non-hydrogen) atoms. The number of hydrogen-bond donors (Lipinski definition) is 1. The summed E-state index contributed by atoms with van der Waals surface area (Å²) in [7, 11) is 0. The number of aliphatic hydroxyl groups is 1. The third-order valence-corrected chi connectivity index (χ3v) is 2.55. The van der Waals surface area contributed by atoms with E-state index >= 15 is 0 Å². The Morgan fingerprint density at radius 1 is 1.33 bits per heavy atom. The van der Waals surface area contributed by atoms with Crippen molar-refractivity contribution in [3.05, 3.63) is 34.3 Å². The van der Waals surface area contributed by atoms with Crippen molar-refractivity contribution in [2.75, 3.05) is 0 Å². The minimum Gasteiger partial charge on any atom is -0.389 e. The minimum atomic E-state index is -0.562. The molecule has 1 N–H and O–H groups in total. The maximum atomic E-state index is 9.76. The van der Waals surface area contributed by atoms with Crippen molar-refractivity contribution in [3.8, 4) is 0 Å². The first-order chi connectivity index (χ1) is 5.57. The fourth-order valence-electron chi connectivity index (χ4n) is 1.81. The lowest BCUT2D eigenvalue weighted by Crippen LogP contribution is -2.23. The van der Waals surface area contributed by atoms with Gasteiger partial charge in [0.2, 0.25) is 0 Å². The first-order valence-electron chi connectivity index (χ1n) is 4.06. The molecule has 1 aromatic rings. The second-order valence-electron chi connectivity index (χ2n) is 3.76. The highest BCUT2D eigenvalue weighted by molar-refractivity contribution is 6.30. The van der Waals surface area contributed by atoms with Crippen LogP contribution in [0.5, 0.6) is 0 Å². The number of hydrogen-bond acceptors (Lipinski definition) is 1. The van der Waals surface area contributed by atoms with E-state index in [1.54, 1.807) is 0 Å². The van der Waals surface area contributed by atoms with Crippen molar-refractivity contribution < 1.29 is 5.11 Å². The van der Waals surface area contributed by atoms with E-state index < -0.39 is 5.60 Å². The van der Waals surface area contributed by atoms with E-state index in [1.165, 1.54) is 11.1 Å². The van der Waals surface area contributed by atoms with Gasteiger partial charge in [0.25, 0.3) is 0 Å². The van der Waals surface area contributed by atoms with Gasteiger partial charge in [-0.05, 0) is 30.2 Å². The second-order valence-corrected chi connectivity index (χ2v) is 4.20. The van der Waals surface area contributed by atoms with Gasteiger partial charge in [0.05, 0.1) is 5.60 Å². The van der Waals surface area contributed by atoms with Gasteiger partial charge in [-0.15, -0.1) is 0 Å². The van der Waals surface area contributed by atoms with Gasteiger partial charge in [0, 0.05) is 17.9 Å². The van der Waals surface area contributed by atoms with Gasteiger partial charge in [-0.1, -0.05) is 17.7 Å². The van der Waals surface area contributed by atoms with Gasteiger partial charge < -0.3 is 5.11 Å². The van der Waals surface area contributed by atoms with Crippen molar-refractivity contribution in [3.63, 3.8) is 0 Å². The summed E-state index contributed by atoms with van der Waals surface area (Å²) in [6, 6.07) is 5.82. The summed E-state index contributed by atoms with van der Waals surface area (Å²) in [5.74, 6) is 0. The van der Waals surface area contributed by atoms with E-state index in [9.17, 15) is 5.11 Å². The smallest absolute Gasteiger partial charge is 0.0700 e. The Hall–Kier alpha value is -0.530. The third-order valence-electron chi connectivity index (χ3n) is 2.31. The molecular formula is C10H11ClO. The van der Waals surface area contributed by atoms with E-state index in [0.717, 1.165) is 17.9 Å². The second kappa shape index (κ2) is 2.48. The topological polar surface area (TPSA) is 20.2 Å². The summed E-state index contributed by atoms with van der Waals surface area (Å²) >= 11 is 5.83. The lowest BCUT2D eigenvalue weighted by molar-refractivity contribution is 0.0719. The van der Waals surface area contributed by atoms with Crippen molar-refractivity contribution in [2.45, 2.75) is 25.4 Å². The molecule has 0 aromatic heterocycles. The quantitative estimate of drug-likeness (QED) is 0.652. The van der Waals surface area contributed by atoms with Crippen LogP contribution in [-0.4, -0.2) is 10.7 Å². The molecule has 1 unspecified atom stereocenters. The number of rotatable bonds is 0. The van der Waals surface area contributed by atoms with Crippen LogP contribution in [0.25, 0.3) is 0 Å². The van der Waals surface area contributed by atoms with Crippen molar-refractivity contribution in [1.29, 1.82) is 0 Å². The molecule has 0 bridgehead atoms. The van der Waals surface area contributed by atoms with Crippen LogP contribution in [0.3, 0.4) is 0 Å². The predicted octanol–water partition coefficient (Wildman–Crippen LogP) is 2.19. The summed E-state index contributed by atoms with van der Waals surface area (Å²) < 4.78 is 0. The van der Waals surface area contributed by atoms with Crippen LogP contribution < -0.4 is 0 Å². The molecule has 0 spiro atoms. The molecule has 1 aliphatic carbocycles. The molecule has 0 saturated heterocycles. The summed E-state index contributed by atoms with van der Waals surface area (Å²) in [5.41, 5.74) is 1.85. The fourth-order valence-corrected chi connectivity index (χ4v) is 2.01. The monoisotopic (exact) mass is 182 g/mol. The van der Waals surface area contributed by atoms with Crippen LogP contribution in [0.4, 0.5) is 0 Å². The average molecular weight is 183 g/mol. The zero-order valence-corrected chi connectivity index (χ0v) is 7.73. The molecule has 0 heterocycles.